The Kier molecular flexibility index (Phi) is 4.32. The van der Waals surface area contributed by atoms with Crippen molar-refractivity contribution in [3.8, 4) is 5.82 Å². The second-order valence-electron chi connectivity index (χ2n) is 6.19. The summed E-state index contributed by atoms with van der Waals surface area (Å²) in [5.74, 6) is 2.85. The first-order valence-corrected chi connectivity index (χ1v) is 8.07. The molecule has 2 aromatic rings. The molecule has 0 N–H and O–H groups in total. The maximum atomic E-state index is 12.1. The summed E-state index contributed by atoms with van der Waals surface area (Å²) in [6.07, 6.45) is 3.95. The van der Waals surface area contributed by atoms with Crippen LogP contribution in [0.25, 0.3) is 5.82 Å². The Balaban J connectivity index is 1.75. The van der Waals surface area contributed by atoms with Gasteiger partial charge in [-0.3, -0.25) is 4.79 Å². The van der Waals surface area contributed by atoms with Gasteiger partial charge in [0.05, 0.1) is 0 Å². The number of hydrogen-bond donors (Lipinski definition) is 0. The highest BCUT2D eigenvalue weighted by atomic mass is 16.2. The van der Waals surface area contributed by atoms with Gasteiger partial charge < -0.3 is 14.4 Å². The van der Waals surface area contributed by atoms with Gasteiger partial charge in [0, 0.05) is 50.6 Å². The Bertz CT molecular complexity index is 672. The summed E-state index contributed by atoms with van der Waals surface area (Å²) in [6, 6.07) is 5.97. The number of piperazine rings is 1. The Morgan fingerprint density at radius 1 is 1.04 bits per heavy atom. The predicted molar refractivity (Wildman–Crippen MR) is 89.7 cm³/mol. The second kappa shape index (κ2) is 6.40. The van der Waals surface area contributed by atoms with Crippen LogP contribution in [0, 0.1) is 12.8 Å². The molecule has 1 aliphatic rings. The molecule has 2 aromatic heterocycles. The van der Waals surface area contributed by atoms with Crippen molar-refractivity contribution in [2.24, 2.45) is 5.92 Å². The van der Waals surface area contributed by atoms with Gasteiger partial charge in [0.1, 0.15) is 17.5 Å². The number of rotatable bonds is 3. The van der Waals surface area contributed by atoms with E-state index in [4.69, 9.17) is 0 Å². The lowest BCUT2D eigenvalue weighted by Gasteiger charge is -2.36. The maximum Gasteiger partial charge on any atom is 0.225 e. The van der Waals surface area contributed by atoms with Crippen LogP contribution >= 0.6 is 0 Å². The van der Waals surface area contributed by atoms with E-state index in [2.05, 4.69) is 14.9 Å². The van der Waals surface area contributed by atoms with Crippen molar-refractivity contribution in [1.82, 2.24) is 19.4 Å². The molecule has 0 radical (unpaired) electrons. The number of nitrogens with zero attached hydrogens (tertiary/aromatic N) is 5. The molecule has 23 heavy (non-hydrogen) atoms. The topological polar surface area (TPSA) is 54.3 Å². The van der Waals surface area contributed by atoms with Crippen molar-refractivity contribution in [2.75, 3.05) is 31.1 Å². The summed E-state index contributed by atoms with van der Waals surface area (Å²) >= 11 is 0. The fraction of sp³-hybridized carbons (Fsp3) is 0.471. The number of anilines is 1. The third kappa shape index (κ3) is 3.36. The van der Waals surface area contributed by atoms with Crippen LogP contribution < -0.4 is 4.90 Å². The van der Waals surface area contributed by atoms with Crippen LogP contribution in [0.3, 0.4) is 0 Å². The number of carbonyl (C=O) groups excluding carboxylic acids is 1. The first-order valence-electron chi connectivity index (χ1n) is 8.07. The average molecular weight is 313 g/mol. The Morgan fingerprint density at radius 2 is 1.65 bits per heavy atom. The molecule has 0 aliphatic carbocycles. The summed E-state index contributed by atoms with van der Waals surface area (Å²) in [6.45, 7) is 8.92. The zero-order valence-corrected chi connectivity index (χ0v) is 13.9. The van der Waals surface area contributed by atoms with Crippen LogP contribution in [0.15, 0.2) is 30.6 Å². The predicted octanol–water partition coefficient (Wildman–Crippen LogP) is 1.88. The van der Waals surface area contributed by atoms with E-state index in [1.54, 1.807) is 0 Å². The average Bonchev–Trinajstić information content (AvgIpc) is 3.08. The lowest BCUT2D eigenvalue weighted by Crippen LogP contribution is -2.50. The smallest absolute Gasteiger partial charge is 0.225 e. The second-order valence-corrected chi connectivity index (χ2v) is 6.19. The Hall–Kier alpha value is -2.37. The summed E-state index contributed by atoms with van der Waals surface area (Å²) in [5, 5.41) is 0. The lowest BCUT2D eigenvalue weighted by atomic mass is 10.1. The monoisotopic (exact) mass is 313 g/mol. The standard InChI is InChI=1S/C17H23N5O/c1-13(2)17(23)22-10-8-21(9-11-22)16-12-15(18-14(3)19-16)20-6-4-5-7-20/h4-7,12-13H,8-11H2,1-3H3. The highest BCUT2D eigenvalue weighted by molar-refractivity contribution is 5.78. The lowest BCUT2D eigenvalue weighted by molar-refractivity contribution is -0.134. The van der Waals surface area contributed by atoms with Gasteiger partial charge >= 0.3 is 0 Å². The summed E-state index contributed by atoms with van der Waals surface area (Å²) < 4.78 is 1.98. The van der Waals surface area contributed by atoms with Gasteiger partial charge in [-0.25, -0.2) is 9.97 Å². The number of aromatic nitrogens is 3. The van der Waals surface area contributed by atoms with Gasteiger partial charge in [-0.2, -0.15) is 0 Å². The minimum absolute atomic E-state index is 0.0585. The Labute approximate surface area is 136 Å². The van der Waals surface area contributed by atoms with Crippen LogP contribution in [0.5, 0.6) is 0 Å². The summed E-state index contributed by atoms with van der Waals surface area (Å²) in [4.78, 5) is 25.3. The van der Waals surface area contributed by atoms with E-state index in [1.165, 1.54) is 0 Å². The van der Waals surface area contributed by atoms with Gasteiger partial charge in [0.15, 0.2) is 0 Å². The molecule has 0 unspecified atom stereocenters. The van der Waals surface area contributed by atoms with Gasteiger partial charge in [-0.05, 0) is 19.1 Å². The number of aryl methyl sites for hydroxylation is 1. The van der Waals surface area contributed by atoms with Crippen molar-refractivity contribution in [3.63, 3.8) is 0 Å². The van der Waals surface area contributed by atoms with Crippen LogP contribution in [0.4, 0.5) is 5.82 Å². The number of amides is 1. The molecule has 1 saturated heterocycles. The number of hydrogen-bond acceptors (Lipinski definition) is 4. The van der Waals surface area contributed by atoms with E-state index in [1.807, 2.05) is 60.8 Å². The molecule has 0 spiro atoms. The van der Waals surface area contributed by atoms with E-state index in [-0.39, 0.29) is 11.8 Å². The fourth-order valence-electron chi connectivity index (χ4n) is 2.84. The molecule has 6 nitrogen and oxygen atoms in total. The van der Waals surface area contributed by atoms with E-state index < -0.39 is 0 Å². The zero-order valence-electron chi connectivity index (χ0n) is 13.9. The van der Waals surface area contributed by atoms with Crippen molar-refractivity contribution in [3.05, 3.63) is 36.4 Å². The summed E-state index contributed by atoms with van der Waals surface area (Å²) in [7, 11) is 0. The zero-order chi connectivity index (χ0) is 16.4. The molecule has 3 rings (SSSR count). The van der Waals surface area contributed by atoms with Gasteiger partial charge in [0.25, 0.3) is 0 Å². The van der Waals surface area contributed by atoms with E-state index in [0.717, 1.165) is 43.6 Å². The van der Waals surface area contributed by atoms with E-state index >= 15 is 0 Å². The normalized spacial score (nSPS) is 15.3. The summed E-state index contributed by atoms with van der Waals surface area (Å²) in [5.41, 5.74) is 0. The molecule has 122 valence electrons. The van der Waals surface area contributed by atoms with Crippen LogP contribution in [0.2, 0.25) is 0 Å². The molecule has 0 aromatic carbocycles. The van der Waals surface area contributed by atoms with E-state index in [0.29, 0.717) is 0 Å². The van der Waals surface area contributed by atoms with Gasteiger partial charge in [-0.1, -0.05) is 13.8 Å². The van der Waals surface area contributed by atoms with Crippen molar-refractivity contribution < 1.29 is 4.79 Å². The molecule has 0 saturated carbocycles. The first-order chi connectivity index (χ1) is 11.0. The van der Waals surface area contributed by atoms with Crippen molar-refractivity contribution in [1.29, 1.82) is 0 Å². The molecule has 1 aliphatic heterocycles. The largest absolute Gasteiger partial charge is 0.353 e. The molecule has 0 bridgehead atoms. The van der Waals surface area contributed by atoms with Crippen molar-refractivity contribution in [2.45, 2.75) is 20.8 Å². The third-order valence-corrected chi connectivity index (χ3v) is 4.09. The Morgan fingerprint density at radius 3 is 2.26 bits per heavy atom. The molecular formula is C17H23N5O. The highest BCUT2D eigenvalue weighted by Gasteiger charge is 2.23. The third-order valence-electron chi connectivity index (χ3n) is 4.09. The van der Waals surface area contributed by atoms with Gasteiger partial charge in [-0.15, -0.1) is 0 Å². The van der Waals surface area contributed by atoms with Crippen LogP contribution in [-0.2, 0) is 4.79 Å². The molecule has 3 heterocycles. The molecule has 1 fully saturated rings. The van der Waals surface area contributed by atoms with Crippen LogP contribution in [0.1, 0.15) is 19.7 Å². The fourth-order valence-corrected chi connectivity index (χ4v) is 2.84. The highest BCUT2D eigenvalue weighted by Crippen LogP contribution is 2.18. The minimum Gasteiger partial charge on any atom is -0.353 e. The first kappa shape index (κ1) is 15.5. The molecule has 1 amide bonds. The van der Waals surface area contributed by atoms with Crippen molar-refractivity contribution >= 4 is 11.7 Å². The maximum absolute atomic E-state index is 12.1. The van der Waals surface area contributed by atoms with Gasteiger partial charge in [0.2, 0.25) is 5.91 Å². The SMILES string of the molecule is Cc1nc(N2CCN(C(=O)C(C)C)CC2)cc(-n2cccc2)n1. The molecule has 0 atom stereocenters. The number of carbonyl (C=O) groups is 1. The molecule has 6 heteroatoms. The molecular weight excluding hydrogens is 290 g/mol. The minimum atomic E-state index is 0.0585. The van der Waals surface area contributed by atoms with E-state index in [9.17, 15) is 4.79 Å². The van der Waals surface area contributed by atoms with Crippen LogP contribution in [-0.4, -0.2) is 51.5 Å². The quantitative estimate of drug-likeness (QED) is 0.868.